The third kappa shape index (κ3) is 5.27. The molecule has 0 unspecified atom stereocenters. The molecule has 1 aromatic carbocycles. The van der Waals surface area contributed by atoms with E-state index < -0.39 is 0 Å². The molecule has 116 valence electrons. The van der Waals surface area contributed by atoms with E-state index in [1.807, 2.05) is 18.2 Å². The van der Waals surface area contributed by atoms with E-state index in [2.05, 4.69) is 36.2 Å². The molecule has 0 bridgehead atoms. The van der Waals surface area contributed by atoms with E-state index in [0.29, 0.717) is 6.04 Å². The van der Waals surface area contributed by atoms with Crippen LogP contribution in [0.2, 0.25) is 0 Å². The molecule has 0 saturated carbocycles. The Morgan fingerprint density at radius 1 is 1.24 bits per heavy atom. The smallest absolute Gasteiger partial charge is 0.0685 e. The van der Waals surface area contributed by atoms with Crippen molar-refractivity contribution >= 4 is 0 Å². The summed E-state index contributed by atoms with van der Waals surface area (Å²) in [5, 5.41) is 13.0. The van der Waals surface area contributed by atoms with Crippen LogP contribution in [0.3, 0.4) is 0 Å². The Balaban J connectivity index is 1.75. The average Bonchev–Trinajstić information content (AvgIpc) is 2.52. The molecule has 0 atom stereocenters. The molecule has 2 rings (SSSR count). The zero-order chi connectivity index (χ0) is 15.1. The fourth-order valence-electron chi connectivity index (χ4n) is 2.77. The van der Waals surface area contributed by atoms with E-state index in [4.69, 9.17) is 0 Å². The maximum absolute atomic E-state index is 9.35. The second-order valence-corrected chi connectivity index (χ2v) is 6.16. The molecule has 2 N–H and O–H groups in total. The summed E-state index contributed by atoms with van der Waals surface area (Å²) < 4.78 is 0. The molecular formula is C18H28N2O. The van der Waals surface area contributed by atoms with E-state index in [1.54, 1.807) is 0 Å². The third-order valence-corrected chi connectivity index (χ3v) is 4.22. The van der Waals surface area contributed by atoms with Gasteiger partial charge in [0.15, 0.2) is 0 Å². The summed E-state index contributed by atoms with van der Waals surface area (Å²) in [5.41, 5.74) is 3.65. The predicted octanol–water partition coefficient (Wildman–Crippen LogP) is 2.70. The fraction of sp³-hybridized carbons (Fsp3) is 0.556. The SMILES string of the molecule is CC(C)=CCN1CCC(NCc2ccccc2CO)CC1. The van der Waals surface area contributed by atoms with Crippen LogP contribution < -0.4 is 5.32 Å². The minimum atomic E-state index is 0.124. The van der Waals surface area contributed by atoms with Crippen LogP contribution in [0.15, 0.2) is 35.9 Å². The molecular weight excluding hydrogens is 260 g/mol. The summed E-state index contributed by atoms with van der Waals surface area (Å²) in [6.07, 6.45) is 4.72. The molecule has 3 heteroatoms. The Labute approximate surface area is 128 Å². The number of aliphatic hydroxyl groups is 1. The molecule has 0 aliphatic carbocycles. The maximum atomic E-state index is 9.35. The predicted molar refractivity (Wildman–Crippen MR) is 88.1 cm³/mol. The largest absolute Gasteiger partial charge is 0.392 e. The first-order chi connectivity index (χ1) is 10.2. The zero-order valence-corrected chi connectivity index (χ0v) is 13.3. The first-order valence-electron chi connectivity index (χ1n) is 7.96. The lowest BCUT2D eigenvalue weighted by atomic mass is 10.0. The van der Waals surface area contributed by atoms with Crippen molar-refractivity contribution in [1.82, 2.24) is 10.2 Å². The summed E-state index contributed by atoms with van der Waals surface area (Å²) in [6, 6.07) is 8.72. The Bertz CT molecular complexity index is 458. The van der Waals surface area contributed by atoms with Crippen molar-refractivity contribution < 1.29 is 5.11 Å². The number of likely N-dealkylation sites (tertiary alicyclic amines) is 1. The number of hydrogen-bond acceptors (Lipinski definition) is 3. The van der Waals surface area contributed by atoms with Gasteiger partial charge in [-0.2, -0.15) is 0 Å². The van der Waals surface area contributed by atoms with Crippen molar-refractivity contribution in [2.24, 2.45) is 0 Å². The van der Waals surface area contributed by atoms with E-state index in [-0.39, 0.29) is 6.61 Å². The van der Waals surface area contributed by atoms with E-state index >= 15 is 0 Å². The van der Waals surface area contributed by atoms with Crippen molar-refractivity contribution in [3.05, 3.63) is 47.0 Å². The highest BCUT2D eigenvalue weighted by atomic mass is 16.3. The Kier molecular flexibility index (Phi) is 6.43. The molecule has 21 heavy (non-hydrogen) atoms. The first-order valence-corrected chi connectivity index (χ1v) is 7.96. The minimum Gasteiger partial charge on any atom is -0.392 e. The lowest BCUT2D eigenvalue weighted by molar-refractivity contribution is 0.214. The fourth-order valence-corrected chi connectivity index (χ4v) is 2.77. The Hall–Kier alpha value is -1.16. The van der Waals surface area contributed by atoms with Gasteiger partial charge in [0.05, 0.1) is 6.61 Å². The highest BCUT2D eigenvalue weighted by molar-refractivity contribution is 5.26. The molecule has 1 aliphatic heterocycles. The third-order valence-electron chi connectivity index (χ3n) is 4.22. The number of allylic oxidation sites excluding steroid dienone is 1. The molecule has 0 radical (unpaired) electrons. The van der Waals surface area contributed by atoms with Crippen LogP contribution in [0.4, 0.5) is 0 Å². The number of hydrogen-bond donors (Lipinski definition) is 2. The summed E-state index contributed by atoms with van der Waals surface area (Å²) in [7, 11) is 0. The van der Waals surface area contributed by atoms with Gasteiger partial charge in [0, 0.05) is 19.1 Å². The standard InChI is InChI=1S/C18H28N2O/c1-15(2)7-10-20-11-8-18(9-12-20)19-13-16-5-3-4-6-17(16)14-21/h3-7,18-19,21H,8-14H2,1-2H3. The van der Waals surface area contributed by atoms with Crippen molar-refractivity contribution in [3.8, 4) is 0 Å². The Morgan fingerprint density at radius 2 is 1.90 bits per heavy atom. The van der Waals surface area contributed by atoms with E-state index in [1.165, 1.54) is 37.1 Å². The van der Waals surface area contributed by atoms with E-state index in [9.17, 15) is 5.11 Å². The molecule has 0 amide bonds. The average molecular weight is 288 g/mol. The Morgan fingerprint density at radius 3 is 2.52 bits per heavy atom. The van der Waals surface area contributed by atoms with E-state index in [0.717, 1.165) is 18.7 Å². The lowest BCUT2D eigenvalue weighted by Crippen LogP contribution is -2.42. The van der Waals surface area contributed by atoms with Crippen LogP contribution in [0.1, 0.15) is 37.8 Å². The van der Waals surface area contributed by atoms with Gasteiger partial charge >= 0.3 is 0 Å². The number of piperidine rings is 1. The van der Waals surface area contributed by atoms with Crippen LogP contribution in [0, 0.1) is 0 Å². The van der Waals surface area contributed by atoms with Gasteiger partial charge in [-0.3, -0.25) is 4.90 Å². The molecule has 0 aromatic heterocycles. The van der Waals surface area contributed by atoms with Crippen LogP contribution in [0.5, 0.6) is 0 Å². The number of nitrogens with zero attached hydrogens (tertiary/aromatic N) is 1. The number of nitrogens with one attached hydrogen (secondary N) is 1. The summed E-state index contributed by atoms with van der Waals surface area (Å²) in [4.78, 5) is 2.52. The summed E-state index contributed by atoms with van der Waals surface area (Å²) in [6.45, 7) is 8.72. The van der Waals surface area contributed by atoms with Crippen molar-refractivity contribution in [1.29, 1.82) is 0 Å². The van der Waals surface area contributed by atoms with Crippen molar-refractivity contribution in [3.63, 3.8) is 0 Å². The quantitative estimate of drug-likeness (QED) is 0.790. The first kappa shape index (κ1) is 16.2. The van der Waals surface area contributed by atoms with Crippen LogP contribution in [0.25, 0.3) is 0 Å². The number of benzene rings is 1. The van der Waals surface area contributed by atoms with Crippen LogP contribution in [-0.2, 0) is 13.2 Å². The molecule has 1 saturated heterocycles. The second-order valence-electron chi connectivity index (χ2n) is 6.16. The molecule has 1 aromatic rings. The van der Waals surface area contributed by atoms with Gasteiger partial charge in [-0.25, -0.2) is 0 Å². The van der Waals surface area contributed by atoms with Crippen molar-refractivity contribution in [2.45, 2.75) is 45.9 Å². The van der Waals surface area contributed by atoms with Gasteiger partial charge in [-0.05, 0) is 50.9 Å². The monoisotopic (exact) mass is 288 g/mol. The zero-order valence-electron chi connectivity index (χ0n) is 13.3. The highest BCUT2D eigenvalue weighted by Gasteiger charge is 2.18. The summed E-state index contributed by atoms with van der Waals surface area (Å²) in [5.74, 6) is 0. The number of rotatable bonds is 6. The van der Waals surface area contributed by atoms with Crippen molar-refractivity contribution in [2.75, 3.05) is 19.6 Å². The number of aliphatic hydroxyl groups excluding tert-OH is 1. The topological polar surface area (TPSA) is 35.5 Å². The van der Waals surface area contributed by atoms with Gasteiger partial charge < -0.3 is 10.4 Å². The lowest BCUT2D eigenvalue weighted by Gasteiger charge is -2.32. The maximum Gasteiger partial charge on any atom is 0.0685 e. The minimum absolute atomic E-state index is 0.124. The molecule has 1 aliphatic rings. The normalized spacial score (nSPS) is 16.9. The highest BCUT2D eigenvalue weighted by Crippen LogP contribution is 2.13. The molecule has 1 fully saturated rings. The van der Waals surface area contributed by atoms with Crippen LogP contribution in [-0.4, -0.2) is 35.7 Å². The second kappa shape index (κ2) is 8.32. The van der Waals surface area contributed by atoms with Gasteiger partial charge in [0.25, 0.3) is 0 Å². The molecule has 3 nitrogen and oxygen atoms in total. The summed E-state index contributed by atoms with van der Waals surface area (Å²) >= 11 is 0. The van der Waals surface area contributed by atoms with Gasteiger partial charge in [0.2, 0.25) is 0 Å². The van der Waals surface area contributed by atoms with Crippen LogP contribution >= 0.6 is 0 Å². The van der Waals surface area contributed by atoms with Gasteiger partial charge in [0.1, 0.15) is 0 Å². The van der Waals surface area contributed by atoms with Gasteiger partial charge in [-0.15, -0.1) is 0 Å². The van der Waals surface area contributed by atoms with Gasteiger partial charge in [-0.1, -0.05) is 35.9 Å². The molecule has 1 heterocycles. The molecule has 0 spiro atoms.